The van der Waals surface area contributed by atoms with Crippen LogP contribution in [0.4, 0.5) is 0 Å². The molecule has 3 atom stereocenters. The van der Waals surface area contributed by atoms with Crippen molar-refractivity contribution in [1.82, 2.24) is 4.98 Å². The van der Waals surface area contributed by atoms with Gasteiger partial charge in [-0.3, -0.25) is 0 Å². The Kier molecular flexibility index (Phi) is 2.21. The van der Waals surface area contributed by atoms with Gasteiger partial charge in [0, 0.05) is 11.1 Å². The molecule has 0 radical (unpaired) electrons. The summed E-state index contributed by atoms with van der Waals surface area (Å²) in [6.07, 6.45) is 5.09. The zero-order valence-corrected chi connectivity index (χ0v) is 11.1. The molecular formula is C13H19NOS. The van der Waals surface area contributed by atoms with Crippen LogP contribution in [0.1, 0.15) is 50.2 Å². The smallest absolute Gasteiger partial charge is 0.146 e. The average Bonchev–Trinajstić information content (AvgIpc) is 2.59. The van der Waals surface area contributed by atoms with E-state index < -0.39 is 0 Å². The summed E-state index contributed by atoms with van der Waals surface area (Å²) in [4.78, 5) is 4.61. The van der Waals surface area contributed by atoms with Crippen LogP contribution in [0.2, 0.25) is 0 Å². The molecule has 2 nitrogen and oxygen atoms in total. The van der Waals surface area contributed by atoms with E-state index in [9.17, 15) is 0 Å². The standard InChI is InChI=1S/C13H19NOS/c1-9-5-4-6-13(7-9)12(3,15-13)11-14-10(2)8-16-11/h8-9H,4-7H2,1-3H3. The van der Waals surface area contributed by atoms with Crippen molar-refractivity contribution in [2.45, 2.75) is 57.7 Å². The Morgan fingerprint density at radius 1 is 1.56 bits per heavy atom. The second kappa shape index (κ2) is 3.30. The van der Waals surface area contributed by atoms with Gasteiger partial charge in [0.2, 0.25) is 0 Å². The molecule has 3 rings (SSSR count). The van der Waals surface area contributed by atoms with Gasteiger partial charge in [-0.2, -0.15) is 0 Å². The molecule has 0 amide bonds. The second-order valence-electron chi connectivity index (χ2n) is 5.63. The first-order chi connectivity index (χ1) is 7.56. The van der Waals surface area contributed by atoms with Gasteiger partial charge in [0.05, 0.1) is 0 Å². The largest absolute Gasteiger partial charge is 0.355 e. The van der Waals surface area contributed by atoms with Crippen molar-refractivity contribution in [1.29, 1.82) is 0 Å². The third-order valence-electron chi connectivity index (χ3n) is 4.21. The van der Waals surface area contributed by atoms with Crippen LogP contribution in [-0.4, -0.2) is 10.6 Å². The number of epoxide rings is 1. The van der Waals surface area contributed by atoms with Crippen molar-refractivity contribution >= 4 is 11.3 Å². The minimum atomic E-state index is -0.0827. The number of rotatable bonds is 1. The van der Waals surface area contributed by atoms with Gasteiger partial charge < -0.3 is 4.74 Å². The van der Waals surface area contributed by atoms with E-state index in [0.717, 1.165) is 11.6 Å². The van der Waals surface area contributed by atoms with Crippen LogP contribution in [0.3, 0.4) is 0 Å². The molecule has 1 saturated carbocycles. The molecule has 0 N–H and O–H groups in total. The summed E-state index contributed by atoms with van der Waals surface area (Å²) in [6.45, 7) is 6.63. The zero-order valence-electron chi connectivity index (χ0n) is 10.2. The van der Waals surface area contributed by atoms with E-state index in [1.54, 1.807) is 11.3 Å². The molecule has 1 aliphatic carbocycles. The van der Waals surface area contributed by atoms with Gasteiger partial charge >= 0.3 is 0 Å². The SMILES string of the molecule is Cc1csc(C2(C)OC23CCCC(C)C3)n1. The summed E-state index contributed by atoms with van der Waals surface area (Å²) in [7, 11) is 0. The number of aromatic nitrogens is 1. The Bertz CT molecular complexity index is 416. The van der Waals surface area contributed by atoms with Crippen molar-refractivity contribution in [2.75, 3.05) is 0 Å². The number of hydrogen-bond acceptors (Lipinski definition) is 3. The fraction of sp³-hybridized carbons (Fsp3) is 0.769. The van der Waals surface area contributed by atoms with E-state index in [1.807, 2.05) is 0 Å². The molecule has 0 bridgehead atoms. The van der Waals surface area contributed by atoms with Crippen molar-refractivity contribution in [2.24, 2.45) is 5.92 Å². The highest BCUT2D eigenvalue weighted by Crippen LogP contribution is 2.63. The van der Waals surface area contributed by atoms with Gasteiger partial charge in [-0.1, -0.05) is 19.8 Å². The Balaban J connectivity index is 1.87. The number of ether oxygens (including phenoxy) is 1. The first-order valence-corrected chi connectivity index (χ1v) is 7.06. The van der Waals surface area contributed by atoms with Crippen LogP contribution in [0.5, 0.6) is 0 Å². The van der Waals surface area contributed by atoms with Gasteiger partial charge in [-0.15, -0.1) is 11.3 Å². The summed E-state index contributed by atoms with van der Waals surface area (Å²) in [5, 5.41) is 3.31. The van der Waals surface area contributed by atoms with Gasteiger partial charge in [0.25, 0.3) is 0 Å². The lowest BCUT2D eigenvalue weighted by Crippen LogP contribution is -2.28. The first kappa shape index (κ1) is 10.7. The lowest BCUT2D eigenvalue weighted by Gasteiger charge is -2.26. The maximum atomic E-state index is 6.15. The highest BCUT2D eigenvalue weighted by Gasteiger charge is 2.69. The van der Waals surface area contributed by atoms with Gasteiger partial charge in [0.15, 0.2) is 0 Å². The van der Waals surface area contributed by atoms with E-state index in [2.05, 4.69) is 31.1 Å². The van der Waals surface area contributed by atoms with Gasteiger partial charge in [-0.25, -0.2) is 4.98 Å². The summed E-state index contributed by atoms with van der Waals surface area (Å²) < 4.78 is 6.15. The Morgan fingerprint density at radius 3 is 3.00 bits per heavy atom. The van der Waals surface area contributed by atoms with Crippen LogP contribution in [0.25, 0.3) is 0 Å². The van der Waals surface area contributed by atoms with Crippen molar-refractivity contribution in [3.8, 4) is 0 Å². The summed E-state index contributed by atoms with van der Waals surface area (Å²) >= 11 is 1.75. The van der Waals surface area contributed by atoms with Gasteiger partial charge in [-0.05, 0) is 32.6 Å². The minimum Gasteiger partial charge on any atom is -0.355 e. The number of aryl methyl sites for hydroxylation is 1. The molecule has 88 valence electrons. The van der Waals surface area contributed by atoms with Crippen LogP contribution in [0, 0.1) is 12.8 Å². The highest BCUT2D eigenvalue weighted by atomic mass is 32.1. The second-order valence-corrected chi connectivity index (χ2v) is 6.48. The quantitative estimate of drug-likeness (QED) is 0.697. The summed E-state index contributed by atoms with van der Waals surface area (Å²) in [6, 6.07) is 0. The van der Waals surface area contributed by atoms with Crippen molar-refractivity contribution in [3.63, 3.8) is 0 Å². The van der Waals surface area contributed by atoms with Crippen molar-refractivity contribution in [3.05, 3.63) is 16.1 Å². The molecule has 1 aromatic rings. The third kappa shape index (κ3) is 1.37. The molecule has 2 aliphatic rings. The highest BCUT2D eigenvalue weighted by molar-refractivity contribution is 7.09. The maximum absolute atomic E-state index is 6.15. The minimum absolute atomic E-state index is 0.0827. The lowest BCUT2D eigenvalue weighted by atomic mass is 9.76. The number of thiazole rings is 1. The predicted molar refractivity (Wildman–Crippen MR) is 65.7 cm³/mol. The Hall–Kier alpha value is -0.410. The van der Waals surface area contributed by atoms with Crippen molar-refractivity contribution < 1.29 is 4.74 Å². The molecule has 2 heterocycles. The fourth-order valence-corrected chi connectivity index (χ4v) is 4.19. The lowest BCUT2D eigenvalue weighted by molar-refractivity contribution is 0.194. The summed E-state index contributed by atoms with van der Waals surface area (Å²) in [5.41, 5.74) is 1.16. The molecule has 1 saturated heterocycles. The summed E-state index contributed by atoms with van der Waals surface area (Å²) in [5.74, 6) is 0.802. The van der Waals surface area contributed by atoms with E-state index in [0.29, 0.717) is 0 Å². The molecular weight excluding hydrogens is 218 g/mol. The van der Waals surface area contributed by atoms with Gasteiger partial charge in [0.1, 0.15) is 16.2 Å². The van der Waals surface area contributed by atoms with E-state index >= 15 is 0 Å². The number of hydrogen-bond donors (Lipinski definition) is 0. The van der Waals surface area contributed by atoms with E-state index in [-0.39, 0.29) is 11.2 Å². The van der Waals surface area contributed by atoms with E-state index in [1.165, 1.54) is 30.7 Å². The van der Waals surface area contributed by atoms with Crippen LogP contribution >= 0.6 is 11.3 Å². The normalized spacial score (nSPS) is 42.6. The third-order valence-corrected chi connectivity index (χ3v) is 5.37. The van der Waals surface area contributed by atoms with Crippen LogP contribution in [0.15, 0.2) is 5.38 Å². The molecule has 1 aliphatic heterocycles. The monoisotopic (exact) mass is 237 g/mol. The number of nitrogens with zero attached hydrogens (tertiary/aromatic N) is 1. The maximum Gasteiger partial charge on any atom is 0.146 e. The van der Waals surface area contributed by atoms with Crippen LogP contribution < -0.4 is 0 Å². The molecule has 0 aromatic carbocycles. The molecule has 16 heavy (non-hydrogen) atoms. The molecule has 2 fully saturated rings. The molecule has 1 aromatic heterocycles. The zero-order chi connectivity index (χ0) is 11.4. The van der Waals surface area contributed by atoms with E-state index in [4.69, 9.17) is 4.74 Å². The average molecular weight is 237 g/mol. The fourth-order valence-electron chi connectivity index (χ4n) is 3.21. The topological polar surface area (TPSA) is 25.4 Å². The molecule has 3 heteroatoms. The molecule has 3 unspecified atom stereocenters. The predicted octanol–water partition coefficient (Wildman–Crippen LogP) is 3.65. The van der Waals surface area contributed by atoms with Crippen LogP contribution in [-0.2, 0) is 10.3 Å². The first-order valence-electron chi connectivity index (χ1n) is 6.18. The molecule has 1 spiro atoms. The Labute approximate surface area is 101 Å². The Morgan fingerprint density at radius 2 is 2.38 bits per heavy atom.